The lowest BCUT2D eigenvalue weighted by atomic mass is 10.0. The van der Waals surface area contributed by atoms with E-state index in [-0.39, 0.29) is 19.1 Å². The summed E-state index contributed by atoms with van der Waals surface area (Å²) >= 11 is 0. The molecule has 9 heteroatoms. The molecule has 0 aromatic rings. The van der Waals surface area contributed by atoms with Crippen molar-refractivity contribution in [1.29, 1.82) is 0 Å². The van der Waals surface area contributed by atoms with E-state index in [1.165, 1.54) is 141 Å². The van der Waals surface area contributed by atoms with Crippen molar-refractivity contribution in [3.63, 3.8) is 0 Å². The topological polar surface area (TPSA) is 108 Å². The molecule has 0 aromatic carbocycles. The predicted molar refractivity (Wildman–Crippen MR) is 320 cm³/mol. The van der Waals surface area contributed by atoms with E-state index in [2.05, 4.69) is 116 Å². The Morgan fingerprint density at radius 3 is 1.18 bits per heavy atom. The highest BCUT2D eigenvalue weighted by Crippen LogP contribution is 2.38. The molecule has 428 valence electrons. The number of amides is 1. The van der Waals surface area contributed by atoms with Crippen LogP contribution in [0.4, 0.5) is 0 Å². The molecule has 0 aliphatic heterocycles. The Bertz CT molecular complexity index is 1520. The maximum Gasteiger partial charge on any atom is 0.268 e. The fourth-order valence-electron chi connectivity index (χ4n) is 8.59. The second kappa shape index (κ2) is 55.2. The zero-order valence-corrected chi connectivity index (χ0v) is 49.7. The summed E-state index contributed by atoms with van der Waals surface area (Å²) < 4.78 is 23.4. The minimum atomic E-state index is -4.60. The molecular weight excluding hydrogens is 936 g/mol. The van der Waals surface area contributed by atoms with Gasteiger partial charge in [-0.15, -0.1) is 0 Å². The minimum Gasteiger partial charge on any atom is -0.756 e. The molecule has 1 amide bonds. The predicted octanol–water partition coefficient (Wildman–Crippen LogP) is 18.4. The highest BCUT2D eigenvalue weighted by Gasteiger charge is 2.24. The Kier molecular flexibility index (Phi) is 53.3. The molecule has 0 spiro atoms. The summed E-state index contributed by atoms with van der Waals surface area (Å²) in [5.41, 5.74) is 0. The number of nitrogens with one attached hydrogen (secondary N) is 1. The number of aliphatic hydroxyl groups is 1. The second-order valence-corrected chi connectivity index (χ2v) is 23.1. The van der Waals surface area contributed by atoms with Gasteiger partial charge in [0.15, 0.2) is 0 Å². The van der Waals surface area contributed by atoms with Crippen LogP contribution in [0.3, 0.4) is 0 Å². The molecule has 2 N–H and O–H groups in total. The maximum absolute atomic E-state index is 13.0. The molecule has 0 radical (unpaired) electrons. The molecule has 0 fully saturated rings. The summed E-state index contributed by atoms with van der Waals surface area (Å²) in [6.07, 6.45) is 78.8. The number of likely N-dealkylation sites (N-methyl/N-ethyl adjacent to an activating group) is 1. The van der Waals surface area contributed by atoms with Crippen LogP contribution in [0.2, 0.25) is 0 Å². The Hall–Kier alpha value is -2.58. The van der Waals surface area contributed by atoms with Gasteiger partial charge in [-0.2, -0.15) is 0 Å². The molecule has 0 aliphatic rings. The first-order valence-corrected chi connectivity index (χ1v) is 32.0. The molecule has 3 unspecified atom stereocenters. The van der Waals surface area contributed by atoms with Gasteiger partial charge in [0.05, 0.1) is 39.9 Å². The van der Waals surface area contributed by atoms with Crippen LogP contribution in [0.15, 0.2) is 97.2 Å². The Morgan fingerprint density at radius 1 is 0.486 bits per heavy atom. The van der Waals surface area contributed by atoms with Crippen molar-refractivity contribution in [3.8, 4) is 0 Å². The number of aliphatic hydroxyl groups excluding tert-OH is 1. The number of hydrogen-bond acceptors (Lipinski definition) is 6. The highest BCUT2D eigenvalue weighted by molar-refractivity contribution is 7.45. The number of hydrogen-bond donors (Lipinski definition) is 2. The third kappa shape index (κ3) is 57.1. The SMILES string of the molecule is CC/C=C\C/C=C\C/C=C\C/C=C\C/C=C\C/C=C\C/C=C\C/C=C\CCCCC(=O)NC(COP(=O)([O-])OCC[N+](C)(C)C)C(O)CCCCCCCCCCCCCCCCCCCCCCCCCCC. The quantitative estimate of drug-likeness (QED) is 0.0272. The van der Waals surface area contributed by atoms with Crippen LogP contribution < -0.4 is 10.2 Å². The fraction of sp³-hybridized carbons (Fsp3) is 0.738. The monoisotopic (exact) mass is 1050 g/mol. The number of carbonyl (C=O) groups excluding carboxylic acids is 1. The lowest BCUT2D eigenvalue weighted by molar-refractivity contribution is -0.870. The molecule has 0 bridgehead atoms. The van der Waals surface area contributed by atoms with Crippen LogP contribution in [-0.2, 0) is 18.4 Å². The number of rotatable bonds is 55. The van der Waals surface area contributed by atoms with Gasteiger partial charge >= 0.3 is 0 Å². The largest absolute Gasteiger partial charge is 0.756 e. The molecule has 0 heterocycles. The number of unbranched alkanes of at least 4 members (excludes halogenated alkanes) is 26. The van der Waals surface area contributed by atoms with E-state index in [0.29, 0.717) is 30.3 Å². The number of quaternary nitrogens is 1. The van der Waals surface area contributed by atoms with Crippen molar-refractivity contribution in [3.05, 3.63) is 97.2 Å². The summed E-state index contributed by atoms with van der Waals surface area (Å²) in [6, 6.07) is -0.833. The molecule has 0 rings (SSSR count). The normalized spacial score (nSPS) is 14.5. The number of phosphoric acid groups is 1. The van der Waals surface area contributed by atoms with E-state index in [9.17, 15) is 19.4 Å². The van der Waals surface area contributed by atoms with Gasteiger partial charge in [0.1, 0.15) is 13.2 Å². The summed E-state index contributed by atoms with van der Waals surface area (Å²) in [5, 5.41) is 14.0. The van der Waals surface area contributed by atoms with Crippen molar-refractivity contribution in [1.82, 2.24) is 5.32 Å². The molecular formula is C65H117N2O6P. The van der Waals surface area contributed by atoms with Crippen LogP contribution in [0.25, 0.3) is 0 Å². The second-order valence-electron chi connectivity index (χ2n) is 21.7. The third-order valence-electron chi connectivity index (χ3n) is 13.3. The van der Waals surface area contributed by atoms with Gasteiger partial charge in [-0.25, -0.2) is 0 Å². The standard InChI is InChI=1S/C65H117N2O6P/c1-6-8-10-12-14-16-18-20-22-24-26-28-30-32-33-35-37-39-41-43-45-47-49-51-53-55-57-59-65(69)66-63(62-73-74(70,71)72-61-60-67(3,4)5)64(68)58-56-54-52-50-48-46-44-42-40-38-36-34-31-29-27-25-23-21-19-17-15-13-11-9-7-2/h8,10,14,16,20,22,26,28,32-33,37,39,43,45,49,51,63-64,68H,6-7,9,11-13,15,17-19,21,23-25,27,29-31,34-36,38,40-42,44,46-48,50,52-62H2,1-5H3,(H-,66,69,70,71)/b10-8-,16-14-,22-20-,28-26-,33-32-,39-37-,45-43-,51-49-. The molecule has 0 saturated carbocycles. The molecule has 74 heavy (non-hydrogen) atoms. The molecule has 8 nitrogen and oxygen atoms in total. The first-order valence-electron chi connectivity index (χ1n) is 30.6. The van der Waals surface area contributed by atoms with Crippen LogP contribution in [0.5, 0.6) is 0 Å². The van der Waals surface area contributed by atoms with E-state index < -0.39 is 20.0 Å². The number of carbonyl (C=O) groups is 1. The van der Waals surface area contributed by atoms with E-state index >= 15 is 0 Å². The maximum atomic E-state index is 13.0. The smallest absolute Gasteiger partial charge is 0.268 e. The Labute approximate surface area is 458 Å². The minimum absolute atomic E-state index is 0.00151. The molecule has 0 saturated heterocycles. The average molecular weight is 1050 g/mol. The highest BCUT2D eigenvalue weighted by atomic mass is 31.2. The zero-order chi connectivity index (χ0) is 54.2. The van der Waals surface area contributed by atoms with Gasteiger partial charge in [0.25, 0.3) is 7.82 Å². The van der Waals surface area contributed by atoms with Gasteiger partial charge in [-0.05, 0) is 77.0 Å². The van der Waals surface area contributed by atoms with Gasteiger partial charge in [0.2, 0.25) is 5.91 Å². The number of phosphoric ester groups is 1. The summed E-state index contributed by atoms with van der Waals surface area (Å²) in [4.78, 5) is 25.6. The van der Waals surface area contributed by atoms with Gasteiger partial charge in [-0.3, -0.25) is 9.36 Å². The summed E-state index contributed by atoms with van der Waals surface area (Å²) in [7, 11) is 1.27. The number of allylic oxidation sites excluding steroid dienone is 16. The lowest BCUT2D eigenvalue weighted by Gasteiger charge is -2.30. The third-order valence-corrected chi connectivity index (χ3v) is 14.3. The fourth-order valence-corrected chi connectivity index (χ4v) is 9.31. The van der Waals surface area contributed by atoms with Gasteiger partial charge in [0, 0.05) is 6.42 Å². The average Bonchev–Trinajstić information content (AvgIpc) is 3.36. The van der Waals surface area contributed by atoms with E-state index in [4.69, 9.17) is 9.05 Å². The van der Waals surface area contributed by atoms with E-state index in [1.807, 2.05) is 21.1 Å². The van der Waals surface area contributed by atoms with Crippen LogP contribution >= 0.6 is 7.82 Å². The van der Waals surface area contributed by atoms with Crippen LogP contribution in [-0.4, -0.2) is 68.5 Å². The van der Waals surface area contributed by atoms with Gasteiger partial charge in [-0.1, -0.05) is 272 Å². The first-order chi connectivity index (χ1) is 36.0. The lowest BCUT2D eigenvalue weighted by Crippen LogP contribution is -2.46. The van der Waals surface area contributed by atoms with Crippen molar-refractivity contribution in [2.24, 2.45) is 0 Å². The summed E-state index contributed by atoms with van der Waals surface area (Å²) in [5.74, 6) is -0.208. The van der Waals surface area contributed by atoms with E-state index in [1.54, 1.807) is 0 Å². The Morgan fingerprint density at radius 2 is 0.824 bits per heavy atom. The van der Waals surface area contributed by atoms with Crippen molar-refractivity contribution < 1.29 is 32.9 Å². The summed E-state index contributed by atoms with van der Waals surface area (Å²) in [6.45, 7) is 4.59. The van der Waals surface area contributed by atoms with Crippen LogP contribution in [0, 0.1) is 0 Å². The van der Waals surface area contributed by atoms with Crippen molar-refractivity contribution in [2.75, 3.05) is 40.9 Å². The molecule has 0 aliphatic carbocycles. The van der Waals surface area contributed by atoms with Crippen LogP contribution in [0.1, 0.15) is 258 Å². The Balaban J connectivity index is 4.26. The first kappa shape index (κ1) is 71.4. The molecule has 0 aromatic heterocycles. The number of nitrogens with zero attached hydrogens (tertiary/aromatic N) is 1. The van der Waals surface area contributed by atoms with Crippen molar-refractivity contribution in [2.45, 2.75) is 270 Å². The van der Waals surface area contributed by atoms with Crippen molar-refractivity contribution >= 4 is 13.7 Å². The zero-order valence-electron chi connectivity index (χ0n) is 48.8. The molecule has 3 atom stereocenters. The van der Waals surface area contributed by atoms with Gasteiger partial charge < -0.3 is 28.8 Å². The van der Waals surface area contributed by atoms with E-state index in [0.717, 1.165) is 83.5 Å².